The van der Waals surface area contributed by atoms with Crippen LogP contribution in [0.4, 0.5) is 0 Å². The smallest absolute Gasteiger partial charge is 0.182 e. The maximum absolute atomic E-state index is 12.0. The summed E-state index contributed by atoms with van der Waals surface area (Å²) in [6, 6.07) is 0. The zero-order valence-electron chi connectivity index (χ0n) is 11.6. The zero-order chi connectivity index (χ0) is 14.4. The second kappa shape index (κ2) is 7.61. The number of ketones is 1. The standard InChI is InChI=1S/C14H19N3OS2/c1-2-3-4-5-12(18)10-8-20-14(17-10)11-9-19-13(16-11)6-7-15/h8-9H,2-7,15H2,1H3. The highest BCUT2D eigenvalue weighted by Gasteiger charge is 2.13. The molecule has 0 atom stereocenters. The molecule has 2 aromatic heterocycles. The highest BCUT2D eigenvalue weighted by atomic mass is 32.1. The van der Waals surface area contributed by atoms with E-state index in [2.05, 4.69) is 16.9 Å². The summed E-state index contributed by atoms with van der Waals surface area (Å²) in [5, 5.41) is 5.66. The van der Waals surface area contributed by atoms with Crippen molar-refractivity contribution in [2.24, 2.45) is 5.73 Å². The maximum atomic E-state index is 12.0. The van der Waals surface area contributed by atoms with Crippen LogP contribution in [0.15, 0.2) is 10.8 Å². The fourth-order valence-electron chi connectivity index (χ4n) is 1.83. The third kappa shape index (κ3) is 3.94. The van der Waals surface area contributed by atoms with E-state index in [1.807, 2.05) is 10.8 Å². The van der Waals surface area contributed by atoms with Crippen LogP contribution in [0, 0.1) is 0 Å². The van der Waals surface area contributed by atoms with Crippen molar-refractivity contribution < 1.29 is 4.79 Å². The summed E-state index contributed by atoms with van der Waals surface area (Å²) >= 11 is 3.08. The van der Waals surface area contributed by atoms with E-state index in [4.69, 9.17) is 5.73 Å². The molecule has 2 heterocycles. The van der Waals surface area contributed by atoms with Crippen molar-refractivity contribution in [1.82, 2.24) is 9.97 Å². The van der Waals surface area contributed by atoms with Crippen molar-refractivity contribution in [1.29, 1.82) is 0 Å². The van der Waals surface area contributed by atoms with E-state index in [9.17, 15) is 4.79 Å². The van der Waals surface area contributed by atoms with Gasteiger partial charge in [-0.05, 0) is 13.0 Å². The van der Waals surface area contributed by atoms with Gasteiger partial charge in [0.05, 0.1) is 5.01 Å². The lowest BCUT2D eigenvalue weighted by molar-refractivity contribution is 0.0975. The van der Waals surface area contributed by atoms with Gasteiger partial charge in [-0.1, -0.05) is 19.8 Å². The molecule has 0 aliphatic carbocycles. The molecule has 0 fully saturated rings. The Hall–Kier alpha value is -1.11. The Morgan fingerprint density at radius 2 is 2.10 bits per heavy atom. The Balaban J connectivity index is 2.02. The zero-order valence-corrected chi connectivity index (χ0v) is 13.2. The molecular formula is C14H19N3OS2. The first-order valence-electron chi connectivity index (χ1n) is 6.88. The van der Waals surface area contributed by atoms with Gasteiger partial charge in [0.2, 0.25) is 0 Å². The fourth-order valence-corrected chi connectivity index (χ4v) is 3.49. The predicted molar refractivity (Wildman–Crippen MR) is 84.5 cm³/mol. The first-order valence-corrected chi connectivity index (χ1v) is 8.64. The second-order valence-corrected chi connectivity index (χ2v) is 6.38. The summed E-state index contributed by atoms with van der Waals surface area (Å²) in [6.45, 7) is 2.73. The highest BCUT2D eigenvalue weighted by molar-refractivity contribution is 7.14. The molecule has 0 amide bonds. The molecular weight excluding hydrogens is 290 g/mol. The molecule has 0 aromatic carbocycles. The average molecular weight is 309 g/mol. The number of nitrogens with two attached hydrogens (primary N) is 1. The molecule has 0 saturated carbocycles. The predicted octanol–water partition coefficient (Wildman–Crippen LogP) is 3.53. The number of Topliss-reactive ketones (excluding diaryl/α,β-unsaturated/α-hetero) is 1. The van der Waals surface area contributed by atoms with Gasteiger partial charge in [-0.25, -0.2) is 9.97 Å². The van der Waals surface area contributed by atoms with E-state index < -0.39 is 0 Å². The van der Waals surface area contributed by atoms with Crippen LogP contribution < -0.4 is 5.73 Å². The van der Waals surface area contributed by atoms with E-state index in [0.717, 1.165) is 41.4 Å². The topological polar surface area (TPSA) is 68.9 Å². The molecule has 4 nitrogen and oxygen atoms in total. The Bertz CT molecular complexity index is 562. The molecule has 2 rings (SSSR count). The first-order chi connectivity index (χ1) is 9.74. The number of carbonyl (C=O) groups excluding carboxylic acids is 1. The van der Waals surface area contributed by atoms with Crippen LogP contribution in [0.3, 0.4) is 0 Å². The minimum absolute atomic E-state index is 0.137. The van der Waals surface area contributed by atoms with Crippen LogP contribution in [-0.4, -0.2) is 22.3 Å². The van der Waals surface area contributed by atoms with Crippen molar-refractivity contribution in [3.63, 3.8) is 0 Å². The third-order valence-electron chi connectivity index (χ3n) is 2.93. The monoisotopic (exact) mass is 309 g/mol. The number of hydrogen-bond donors (Lipinski definition) is 1. The van der Waals surface area contributed by atoms with Crippen molar-refractivity contribution in [3.8, 4) is 10.7 Å². The number of carbonyl (C=O) groups is 1. The molecule has 108 valence electrons. The molecule has 0 aliphatic rings. The van der Waals surface area contributed by atoms with E-state index in [1.54, 1.807) is 11.3 Å². The van der Waals surface area contributed by atoms with Crippen LogP contribution in [0.1, 0.15) is 48.1 Å². The normalized spacial score (nSPS) is 10.9. The first kappa shape index (κ1) is 15.3. The van der Waals surface area contributed by atoms with Crippen LogP contribution in [-0.2, 0) is 6.42 Å². The van der Waals surface area contributed by atoms with E-state index in [1.165, 1.54) is 11.3 Å². The molecule has 0 aliphatic heterocycles. The Morgan fingerprint density at radius 3 is 2.85 bits per heavy atom. The van der Waals surface area contributed by atoms with E-state index in [-0.39, 0.29) is 5.78 Å². The molecule has 0 saturated heterocycles. The van der Waals surface area contributed by atoms with Crippen LogP contribution in [0.25, 0.3) is 10.7 Å². The molecule has 0 spiro atoms. The molecule has 6 heteroatoms. The van der Waals surface area contributed by atoms with Gasteiger partial charge in [0, 0.05) is 23.6 Å². The van der Waals surface area contributed by atoms with Gasteiger partial charge < -0.3 is 5.73 Å². The van der Waals surface area contributed by atoms with Gasteiger partial charge in [-0.2, -0.15) is 0 Å². The lowest BCUT2D eigenvalue weighted by Gasteiger charge is -1.95. The summed E-state index contributed by atoms with van der Waals surface area (Å²) in [5.41, 5.74) is 6.95. The van der Waals surface area contributed by atoms with Gasteiger partial charge in [0.1, 0.15) is 16.4 Å². The molecule has 0 radical (unpaired) electrons. The molecule has 20 heavy (non-hydrogen) atoms. The quantitative estimate of drug-likeness (QED) is 0.598. The van der Waals surface area contributed by atoms with Crippen LogP contribution in [0.2, 0.25) is 0 Å². The lowest BCUT2D eigenvalue weighted by Crippen LogP contribution is -2.02. The minimum Gasteiger partial charge on any atom is -0.330 e. The molecule has 0 bridgehead atoms. The lowest BCUT2D eigenvalue weighted by atomic mass is 10.1. The van der Waals surface area contributed by atoms with Gasteiger partial charge >= 0.3 is 0 Å². The number of rotatable bonds is 8. The maximum Gasteiger partial charge on any atom is 0.182 e. The van der Waals surface area contributed by atoms with Gasteiger partial charge in [-0.3, -0.25) is 4.79 Å². The van der Waals surface area contributed by atoms with Crippen molar-refractivity contribution in [3.05, 3.63) is 21.5 Å². The number of aromatic nitrogens is 2. The summed E-state index contributed by atoms with van der Waals surface area (Å²) < 4.78 is 0. The molecule has 2 N–H and O–H groups in total. The summed E-state index contributed by atoms with van der Waals surface area (Å²) in [7, 11) is 0. The number of thiazole rings is 2. The second-order valence-electron chi connectivity index (χ2n) is 4.58. The van der Waals surface area contributed by atoms with Crippen molar-refractivity contribution in [2.75, 3.05) is 6.54 Å². The van der Waals surface area contributed by atoms with Crippen LogP contribution in [0.5, 0.6) is 0 Å². The summed E-state index contributed by atoms with van der Waals surface area (Å²) in [5.74, 6) is 0.137. The van der Waals surface area contributed by atoms with E-state index in [0.29, 0.717) is 18.7 Å². The number of hydrogen-bond acceptors (Lipinski definition) is 6. The highest BCUT2D eigenvalue weighted by Crippen LogP contribution is 2.26. The van der Waals surface area contributed by atoms with Gasteiger partial charge in [0.15, 0.2) is 5.78 Å². The Labute approximate surface area is 127 Å². The number of nitrogens with zero attached hydrogens (tertiary/aromatic N) is 2. The Kier molecular flexibility index (Phi) is 5.82. The summed E-state index contributed by atoms with van der Waals surface area (Å²) in [6.07, 6.45) is 4.54. The third-order valence-corrected chi connectivity index (χ3v) is 4.70. The largest absolute Gasteiger partial charge is 0.330 e. The van der Waals surface area contributed by atoms with Crippen LogP contribution >= 0.6 is 22.7 Å². The van der Waals surface area contributed by atoms with E-state index >= 15 is 0 Å². The fraction of sp³-hybridized carbons (Fsp3) is 0.500. The average Bonchev–Trinajstić information content (AvgIpc) is 3.07. The van der Waals surface area contributed by atoms with Crippen molar-refractivity contribution >= 4 is 28.5 Å². The molecule has 2 aromatic rings. The number of unbranched alkanes of at least 4 members (excludes halogenated alkanes) is 2. The molecule has 0 unspecified atom stereocenters. The van der Waals surface area contributed by atoms with Gasteiger partial charge in [-0.15, -0.1) is 22.7 Å². The summed E-state index contributed by atoms with van der Waals surface area (Å²) in [4.78, 5) is 20.9. The van der Waals surface area contributed by atoms with Crippen molar-refractivity contribution in [2.45, 2.75) is 39.0 Å². The Morgan fingerprint density at radius 1 is 1.25 bits per heavy atom. The SMILES string of the molecule is CCCCCC(=O)c1csc(-c2csc(CCN)n2)n1. The minimum atomic E-state index is 0.137. The van der Waals surface area contributed by atoms with Gasteiger partial charge in [0.25, 0.3) is 0 Å².